The molecular weight excluding hydrogens is 312 g/mol. The van der Waals surface area contributed by atoms with E-state index in [1.165, 1.54) is 6.39 Å². The van der Waals surface area contributed by atoms with E-state index in [4.69, 9.17) is 0 Å². The van der Waals surface area contributed by atoms with Crippen LogP contribution >= 0.6 is 15.9 Å². The summed E-state index contributed by atoms with van der Waals surface area (Å²) in [7, 11) is 0. The summed E-state index contributed by atoms with van der Waals surface area (Å²) in [5.74, 6) is 0.476. The van der Waals surface area contributed by atoms with Gasteiger partial charge in [-0.25, -0.2) is 0 Å². The third-order valence-corrected chi connectivity index (χ3v) is 3.08. The molecule has 0 atom stereocenters. The second-order valence-electron chi connectivity index (χ2n) is 4.40. The summed E-state index contributed by atoms with van der Waals surface area (Å²) in [4.78, 5) is 16.0. The number of rotatable bonds is 5. The Morgan fingerprint density at radius 2 is 2.37 bits per heavy atom. The maximum absolute atomic E-state index is 12.1. The first-order valence-electron chi connectivity index (χ1n) is 5.98. The highest BCUT2D eigenvalue weighted by Gasteiger charge is 2.14. The average molecular weight is 327 g/mol. The summed E-state index contributed by atoms with van der Waals surface area (Å²) in [5, 5.41) is 6.53. The highest BCUT2D eigenvalue weighted by molar-refractivity contribution is 9.10. The molecule has 2 rings (SSSR count). The summed E-state index contributed by atoms with van der Waals surface area (Å²) < 4.78 is 7.44. The monoisotopic (exact) mass is 326 g/mol. The van der Waals surface area contributed by atoms with E-state index in [0.29, 0.717) is 24.5 Å². The van der Waals surface area contributed by atoms with Crippen LogP contribution in [-0.4, -0.2) is 27.2 Å². The molecule has 1 N–H and O–H groups in total. The van der Waals surface area contributed by atoms with Crippen molar-refractivity contribution < 1.29 is 9.32 Å². The van der Waals surface area contributed by atoms with Gasteiger partial charge in [0.05, 0.1) is 0 Å². The Kier molecular flexibility index (Phi) is 4.36. The molecular formula is C12H15BrN4O2. The third-order valence-electron chi connectivity index (χ3n) is 2.65. The molecule has 0 saturated heterocycles. The molecule has 0 aliphatic heterocycles. The number of amides is 1. The highest BCUT2D eigenvalue weighted by atomic mass is 79.9. The fourth-order valence-corrected chi connectivity index (χ4v) is 2.17. The van der Waals surface area contributed by atoms with E-state index < -0.39 is 0 Å². The van der Waals surface area contributed by atoms with Crippen molar-refractivity contribution in [2.75, 3.05) is 6.54 Å². The summed E-state index contributed by atoms with van der Waals surface area (Å²) >= 11 is 3.39. The molecule has 1 amide bonds. The quantitative estimate of drug-likeness (QED) is 0.914. The van der Waals surface area contributed by atoms with Crippen molar-refractivity contribution in [3.05, 3.63) is 34.6 Å². The van der Waals surface area contributed by atoms with Crippen LogP contribution in [0, 0.1) is 0 Å². The number of aromatic nitrogens is 3. The maximum Gasteiger partial charge on any atom is 0.267 e. The van der Waals surface area contributed by atoms with E-state index in [1.807, 2.05) is 30.7 Å². The second kappa shape index (κ2) is 6.01. The molecule has 0 radical (unpaired) electrons. The summed E-state index contributed by atoms with van der Waals surface area (Å²) in [6, 6.07) is 2.04. The van der Waals surface area contributed by atoms with Crippen molar-refractivity contribution in [3.8, 4) is 0 Å². The first-order valence-corrected chi connectivity index (χ1v) is 6.78. The molecule has 0 fully saturated rings. The van der Waals surface area contributed by atoms with Gasteiger partial charge in [-0.3, -0.25) is 4.79 Å². The number of carbonyl (C=O) groups is 1. The fraction of sp³-hybridized carbons (Fsp3) is 0.417. The van der Waals surface area contributed by atoms with Gasteiger partial charge < -0.3 is 14.4 Å². The lowest BCUT2D eigenvalue weighted by molar-refractivity contribution is 0.0943. The Labute approximate surface area is 119 Å². The summed E-state index contributed by atoms with van der Waals surface area (Å²) in [6.45, 7) is 4.53. The molecule has 0 bridgehead atoms. The van der Waals surface area contributed by atoms with Gasteiger partial charge in [-0.1, -0.05) is 5.16 Å². The molecule has 2 heterocycles. The van der Waals surface area contributed by atoms with Crippen molar-refractivity contribution in [2.45, 2.75) is 26.3 Å². The minimum Gasteiger partial charge on any atom is -0.350 e. The number of nitrogens with zero attached hydrogens (tertiary/aromatic N) is 3. The molecule has 7 heteroatoms. The molecule has 0 spiro atoms. The maximum atomic E-state index is 12.1. The molecule has 19 heavy (non-hydrogen) atoms. The van der Waals surface area contributed by atoms with E-state index in [1.54, 1.807) is 0 Å². The van der Waals surface area contributed by atoms with Gasteiger partial charge in [0.2, 0.25) is 6.39 Å². The van der Waals surface area contributed by atoms with Crippen LogP contribution in [0.25, 0.3) is 0 Å². The Morgan fingerprint density at radius 3 is 3.00 bits per heavy atom. The molecule has 0 aliphatic carbocycles. The molecule has 0 unspecified atom stereocenters. The van der Waals surface area contributed by atoms with Crippen molar-refractivity contribution >= 4 is 21.8 Å². The molecule has 0 saturated carbocycles. The van der Waals surface area contributed by atoms with Gasteiger partial charge in [0.1, 0.15) is 5.69 Å². The van der Waals surface area contributed by atoms with E-state index in [2.05, 4.69) is 35.9 Å². The predicted octanol–water partition coefficient (Wildman–Crippen LogP) is 2.19. The first kappa shape index (κ1) is 13.8. The average Bonchev–Trinajstić information content (AvgIpc) is 2.98. The van der Waals surface area contributed by atoms with E-state index in [9.17, 15) is 4.79 Å². The van der Waals surface area contributed by atoms with Crippen molar-refractivity contribution in [2.24, 2.45) is 0 Å². The van der Waals surface area contributed by atoms with Crippen molar-refractivity contribution in [1.29, 1.82) is 0 Å². The van der Waals surface area contributed by atoms with Gasteiger partial charge in [-0.05, 0) is 35.8 Å². The Bertz CT molecular complexity index is 548. The Morgan fingerprint density at radius 1 is 1.58 bits per heavy atom. The Hall–Kier alpha value is -1.63. The van der Waals surface area contributed by atoms with Crippen LogP contribution in [0.3, 0.4) is 0 Å². The highest BCUT2D eigenvalue weighted by Crippen LogP contribution is 2.19. The lowest BCUT2D eigenvalue weighted by Crippen LogP contribution is -2.28. The first-order chi connectivity index (χ1) is 9.08. The molecule has 0 aromatic carbocycles. The van der Waals surface area contributed by atoms with E-state index in [0.717, 1.165) is 4.47 Å². The normalized spacial score (nSPS) is 10.9. The van der Waals surface area contributed by atoms with Crippen LogP contribution in [0.4, 0.5) is 0 Å². The van der Waals surface area contributed by atoms with Gasteiger partial charge in [-0.15, -0.1) is 0 Å². The number of hydrogen-bond donors (Lipinski definition) is 1. The summed E-state index contributed by atoms with van der Waals surface area (Å²) in [6.07, 6.45) is 3.72. The van der Waals surface area contributed by atoms with Crippen molar-refractivity contribution in [1.82, 2.24) is 20.0 Å². The van der Waals surface area contributed by atoms with Crippen LogP contribution in [0.1, 0.15) is 36.2 Å². The Balaban J connectivity index is 1.96. The van der Waals surface area contributed by atoms with Crippen molar-refractivity contribution in [3.63, 3.8) is 0 Å². The van der Waals surface area contributed by atoms with Crippen LogP contribution in [0.5, 0.6) is 0 Å². The van der Waals surface area contributed by atoms with Crippen LogP contribution in [-0.2, 0) is 6.42 Å². The van der Waals surface area contributed by atoms with Gasteiger partial charge in [-0.2, -0.15) is 4.98 Å². The van der Waals surface area contributed by atoms with Gasteiger partial charge >= 0.3 is 0 Å². The SMILES string of the molecule is CC(C)n1cc(Br)cc1C(=O)NCCc1ncon1. The molecule has 0 aliphatic rings. The van der Waals surface area contributed by atoms with Gasteiger partial charge in [0.15, 0.2) is 5.82 Å². The van der Waals surface area contributed by atoms with Crippen LogP contribution < -0.4 is 5.32 Å². The fourth-order valence-electron chi connectivity index (χ4n) is 1.74. The number of hydrogen-bond acceptors (Lipinski definition) is 4. The smallest absolute Gasteiger partial charge is 0.267 e. The predicted molar refractivity (Wildman–Crippen MR) is 72.9 cm³/mol. The topological polar surface area (TPSA) is 73.0 Å². The zero-order valence-corrected chi connectivity index (χ0v) is 12.3. The number of carbonyl (C=O) groups excluding carboxylic acids is 1. The zero-order valence-electron chi connectivity index (χ0n) is 10.8. The van der Waals surface area contributed by atoms with E-state index >= 15 is 0 Å². The molecule has 6 nitrogen and oxygen atoms in total. The minimum atomic E-state index is -0.108. The summed E-state index contributed by atoms with van der Waals surface area (Å²) in [5.41, 5.74) is 0.634. The third kappa shape index (κ3) is 3.44. The lowest BCUT2D eigenvalue weighted by atomic mass is 10.3. The molecule has 102 valence electrons. The van der Waals surface area contributed by atoms with Gasteiger partial charge in [0.25, 0.3) is 5.91 Å². The van der Waals surface area contributed by atoms with Gasteiger partial charge in [0, 0.05) is 29.7 Å². The zero-order chi connectivity index (χ0) is 13.8. The van der Waals surface area contributed by atoms with Crippen LogP contribution in [0.2, 0.25) is 0 Å². The van der Waals surface area contributed by atoms with Crippen LogP contribution in [0.15, 0.2) is 27.7 Å². The van der Waals surface area contributed by atoms with E-state index in [-0.39, 0.29) is 11.9 Å². The number of halogens is 1. The molecule has 2 aromatic rings. The number of nitrogens with one attached hydrogen (secondary N) is 1. The molecule has 2 aromatic heterocycles. The lowest BCUT2D eigenvalue weighted by Gasteiger charge is -2.12. The largest absolute Gasteiger partial charge is 0.350 e. The second-order valence-corrected chi connectivity index (χ2v) is 5.31. The standard InChI is InChI=1S/C12H15BrN4O2/c1-8(2)17-6-9(13)5-10(17)12(18)14-4-3-11-15-7-19-16-11/h5-8H,3-4H2,1-2H3,(H,14,18). The minimum absolute atomic E-state index is 0.108.